The Morgan fingerprint density at radius 2 is 1.92 bits per heavy atom. The summed E-state index contributed by atoms with van der Waals surface area (Å²) >= 11 is 1.70. The summed E-state index contributed by atoms with van der Waals surface area (Å²) in [7, 11) is 0. The van der Waals surface area contributed by atoms with E-state index in [1.165, 1.54) is 4.90 Å². The lowest BCUT2D eigenvalue weighted by Gasteiger charge is -2.30. The lowest BCUT2D eigenvalue weighted by Crippen LogP contribution is -2.43. The van der Waals surface area contributed by atoms with Crippen LogP contribution in [0.25, 0.3) is 6.08 Å². The maximum absolute atomic E-state index is 12.5. The molecule has 4 nitrogen and oxygen atoms in total. The summed E-state index contributed by atoms with van der Waals surface area (Å²) in [6, 6.07) is 15.7. The second kappa shape index (κ2) is 8.81. The molecule has 0 spiro atoms. The fraction of sp³-hybridized carbons (Fsp3) is 0.286. The lowest BCUT2D eigenvalue weighted by molar-refractivity contribution is -0.127. The predicted octanol–water partition coefficient (Wildman–Crippen LogP) is 4.11. The van der Waals surface area contributed by atoms with Gasteiger partial charge in [0.1, 0.15) is 6.61 Å². The number of nitrogens with zero attached hydrogens (tertiary/aromatic N) is 1. The molecule has 0 bridgehead atoms. The Kier molecular flexibility index (Phi) is 6.23. The van der Waals surface area contributed by atoms with Crippen LogP contribution in [0.4, 0.5) is 0 Å². The third-order valence-electron chi connectivity index (χ3n) is 4.22. The molecule has 2 aromatic rings. The van der Waals surface area contributed by atoms with Crippen LogP contribution in [0.5, 0.6) is 11.5 Å². The zero-order valence-corrected chi connectivity index (χ0v) is 15.9. The molecule has 0 fully saturated rings. The molecule has 0 N–H and O–H groups in total. The maximum Gasteiger partial charge on any atom is 0.246 e. The van der Waals surface area contributed by atoms with E-state index in [1.54, 1.807) is 22.7 Å². The van der Waals surface area contributed by atoms with Gasteiger partial charge in [-0.2, -0.15) is 0 Å². The van der Waals surface area contributed by atoms with Crippen LogP contribution >= 0.6 is 11.8 Å². The predicted molar refractivity (Wildman–Crippen MR) is 106 cm³/mol. The highest BCUT2D eigenvalue weighted by Crippen LogP contribution is 2.31. The molecule has 0 aromatic heterocycles. The highest BCUT2D eigenvalue weighted by Gasteiger charge is 2.23. The Morgan fingerprint density at radius 1 is 1.19 bits per heavy atom. The minimum Gasteiger partial charge on any atom is -0.486 e. The Bertz CT molecular complexity index is 773. The van der Waals surface area contributed by atoms with Crippen molar-refractivity contribution in [3.8, 4) is 11.5 Å². The minimum atomic E-state index is -0.164. The van der Waals surface area contributed by atoms with Crippen molar-refractivity contribution in [1.82, 2.24) is 4.90 Å². The fourth-order valence-electron chi connectivity index (χ4n) is 2.76. The monoisotopic (exact) mass is 369 g/mol. The first-order valence-corrected chi connectivity index (χ1v) is 9.91. The van der Waals surface area contributed by atoms with Crippen LogP contribution in [-0.2, 0) is 4.79 Å². The molecule has 26 heavy (non-hydrogen) atoms. The third kappa shape index (κ3) is 4.61. The summed E-state index contributed by atoms with van der Waals surface area (Å²) in [6.07, 6.45) is 5.35. The Balaban J connectivity index is 1.59. The molecule has 3 rings (SSSR count). The number of ether oxygens (including phenoxy) is 2. The van der Waals surface area contributed by atoms with Crippen molar-refractivity contribution in [1.29, 1.82) is 0 Å². The van der Waals surface area contributed by atoms with Gasteiger partial charge in [0, 0.05) is 17.5 Å². The van der Waals surface area contributed by atoms with Gasteiger partial charge in [-0.25, -0.2) is 0 Å². The van der Waals surface area contributed by atoms with Crippen molar-refractivity contribution < 1.29 is 14.3 Å². The number of amides is 1. The molecular weight excluding hydrogens is 346 g/mol. The van der Waals surface area contributed by atoms with Crippen molar-refractivity contribution >= 4 is 23.7 Å². The van der Waals surface area contributed by atoms with E-state index in [0.717, 1.165) is 17.1 Å². The Labute approximate surface area is 158 Å². The zero-order chi connectivity index (χ0) is 18.4. The first-order chi connectivity index (χ1) is 12.7. The number of hydrogen-bond donors (Lipinski definition) is 0. The van der Waals surface area contributed by atoms with Gasteiger partial charge in [-0.1, -0.05) is 24.3 Å². The molecule has 0 radical (unpaired) electrons. The highest BCUT2D eigenvalue weighted by molar-refractivity contribution is 7.98. The van der Waals surface area contributed by atoms with Gasteiger partial charge in [0.25, 0.3) is 0 Å². The number of thioether (sulfide) groups is 1. The van der Waals surface area contributed by atoms with Gasteiger partial charge in [-0.3, -0.25) is 4.79 Å². The number of hydrogen-bond acceptors (Lipinski definition) is 4. The Morgan fingerprint density at radius 3 is 2.62 bits per heavy atom. The van der Waals surface area contributed by atoms with Crippen LogP contribution in [0, 0.1) is 0 Å². The first-order valence-electron chi connectivity index (χ1n) is 8.69. The standard InChI is InChI=1S/C21H23NO3S/c1-3-22(14-17-15-24-19-6-4-5-7-20(19)25-17)21(23)13-10-16-8-11-18(26-2)12-9-16/h4-13,17H,3,14-15H2,1-2H3/b13-10+. The maximum atomic E-state index is 12.5. The summed E-state index contributed by atoms with van der Waals surface area (Å²) in [5.41, 5.74) is 1.01. The average molecular weight is 369 g/mol. The summed E-state index contributed by atoms with van der Waals surface area (Å²) in [5.74, 6) is 1.47. The number of para-hydroxylation sites is 2. The smallest absolute Gasteiger partial charge is 0.246 e. The van der Waals surface area contributed by atoms with Crippen LogP contribution in [-0.4, -0.2) is 42.9 Å². The number of fused-ring (bicyclic) bond motifs is 1. The van der Waals surface area contributed by atoms with Crippen LogP contribution < -0.4 is 9.47 Å². The second-order valence-corrected chi connectivity index (χ2v) is 6.86. The van der Waals surface area contributed by atoms with Gasteiger partial charge in [0.05, 0.1) is 6.54 Å². The summed E-state index contributed by atoms with van der Waals surface area (Å²) < 4.78 is 11.7. The van der Waals surface area contributed by atoms with E-state index in [0.29, 0.717) is 19.7 Å². The number of benzene rings is 2. The minimum absolute atomic E-state index is 0.0242. The molecule has 5 heteroatoms. The molecule has 1 unspecified atom stereocenters. The van der Waals surface area contributed by atoms with E-state index >= 15 is 0 Å². The summed E-state index contributed by atoms with van der Waals surface area (Å²) in [5, 5.41) is 0. The van der Waals surface area contributed by atoms with Crippen molar-refractivity contribution in [3.05, 3.63) is 60.2 Å². The Hall–Kier alpha value is -2.40. The molecule has 0 aliphatic carbocycles. The van der Waals surface area contributed by atoms with Crippen molar-refractivity contribution in [3.63, 3.8) is 0 Å². The first kappa shape index (κ1) is 18.4. The van der Waals surface area contributed by atoms with Gasteiger partial charge in [0.2, 0.25) is 5.91 Å². The van der Waals surface area contributed by atoms with E-state index in [9.17, 15) is 4.79 Å². The van der Waals surface area contributed by atoms with Crippen LogP contribution in [0.2, 0.25) is 0 Å². The number of rotatable bonds is 6. The van der Waals surface area contributed by atoms with Crippen LogP contribution in [0.3, 0.4) is 0 Å². The van der Waals surface area contributed by atoms with Crippen LogP contribution in [0.15, 0.2) is 59.5 Å². The van der Waals surface area contributed by atoms with Gasteiger partial charge in [-0.15, -0.1) is 11.8 Å². The fourth-order valence-corrected chi connectivity index (χ4v) is 3.17. The van der Waals surface area contributed by atoms with E-state index < -0.39 is 0 Å². The largest absolute Gasteiger partial charge is 0.486 e. The van der Waals surface area contributed by atoms with Gasteiger partial charge < -0.3 is 14.4 Å². The van der Waals surface area contributed by atoms with Crippen molar-refractivity contribution in [2.24, 2.45) is 0 Å². The second-order valence-electron chi connectivity index (χ2n) is 5.98. The highest BCUT2D eigenvalue weighted by atomic mass is 32.2. The molecule has 0 saturated carbocycles. The molecule has 1 atom stereocenters. The van der Waals surface area contributed by atoms with Crippen molar-refractivity contribution in [2.75, 3.05) is 26.0 Å². The lowest BCUT2D eigenvalue weighted by atomic mass is 10.2. The molecule has 1 amide bonds. The van der Waals surface area contributed by atoms with E-state index in [1.807, 2.05) is 55.7 Å². The number of carbonyl (C=O) groups excluding carboxylic acids is 1. The molecular formula is C21H23NO3S. The topological polar surface area (TPSA) is 38.8 Å². The van der Waals surface area contributed by atoms with Gasteiger partial charge >= 0.3 is 0 Å². The summed E-state index contributed by atoms with van der Waals surface area (Å²) in [4.78, 5) is 15.5. The normalized spacial score (nSPS) is 15.8. The van der Waals surface area contributed by atoms with E-state index in [4.69, 9.17) is 9.47 Å². The zero-order valence-electron chi connectivity index (χ0n) is 15.1. The van der Waals surface area contributed by atoms with E-state index in [2.05, 4.69) is 12.1 Å². The number of likely N-dealkylation sites (N-methyl/N-ethyl adjacent to an activating group) is 1. The quantitative estimate of drug-likeness (QED) is 0.567. The SMILES string of the molecule is CCN(CC1COc2ccccc2O1)C(=O)/C=C/c1ccc(SC)cc1. The van der Waals surface area contributed by atoms with E-state index in [-0.39, 0.29) is 12.0 Å². The molecule has 1 aliphatic rings. The third-order valence-corrected chi connectivity index (χ3v) is 4.96. The number of carbonyl (C=O) groups is 1. The molecule has 1 aliphatic heterocycles. The molecule has 2 aromatic carbocycles. The van der Waals surface area contributed by atoms with Crippen LogP contribution in [0.1, 0.15) is 12.5 Å². The van der Waals surface area contributed by atoms with Gasteiger partial charge in [-0.05, 0) is 49.1 Å². The molecule has 136 valence electrons. The van der Waals surface area contributed by atoms with Crippen molar-refractivity contribution in [2.45, 2.75) is 17.9 Å². The van der Waals surface area contributed by atoms with Gasteiger partial charge in [0.15, 0.2) is 17.6 Å². The molecule has 1 heterocycles. The molecule has 0 saturated heterocycles. The summed E-state index contributed by atoms with van der Waals surface area (Å²) in [6.45, 7) is 3.53. The average Bonchev–Trinajstić information content (AvgIpc) is 2.70.